The number of nitrogens with zero attached hydrogens (tertiary/aromatic N) is 6. The molecule has 0 saturated heterocycles. The van der Waals surface area contributed by atoms with Gasteiger partial charge >= 0.3 is 0 Å². The second kappa shape index (κ2) is 15.1. The summed E-state index contributed by atoms with van der Waals surface area (Å²) in [4.78, 5) is 36.1. The molecule has 0 aliphatic rings. The van der Waals surface area contributed by atoms with Gasteiger partial charge in [-0.25, -0.2) is 9.97 Å². The van der Waals surface area contributed by atoms with Gasteiger partial charge in [-0.15, -0.1) is 0 Å². The van der Waals surface area contributed by atoms with Crippen LogP contribution in [-0.2, 0) is 0 Å². The molecule has 0 amide bonds. The number of rotatable bonds is 7. The number of benzene rings is 6. The Balaban J connectivity index is 1.43. The van der Waals surface area contributed by atoms with E-state index in [1.54, 1.807) is 88.4 Å². The van der Waals surface area contributed by atoms with Crippen molar-refractivity contribution in [2.75, 3.05) is 0 Å². The number of phenolic OH excluding ortho intramolecular Hbond substituents is 6. The van der Waals surface area contributed by atoms with E-state index in [0.717, 1.165) is 9.35 Å². The minimum absolute atomic E-state index is 0.0727. The van der Waals surface area contributed by atoms with Crippen LogP contribution in [0.1, 0.15) is 84.6 Å². The van der Waals surface area contributed by atoms with E-state index in [1.807, 2.05) is 27.7 Å². The van der Waals surface area contributed by atoms with Gasteiger partial charge in [-0.05, 0) is 85.7 Å². The van der Waals surface area contributed by atoms with Gasteiger partial charge in [0.2, 0.25) is 0 Å². The minimum Gasteiger partial charge on any atom is -0.507 e. The van der Waals surface area contributed by atoms with Crippen molar-refractivity contribution >= 4 is 55.8 Å². The van der Waals surface area contributed by atoms with E-state index in [2.05, 4.69) is 20.2 Å². The first-order chi connectivity index (χ1) is 29.4. The van der Waals surface area contributed by atoms with E-state index in [4.69, 9.17) is 0 Å². The molecular weight excluding hydrogens is 789 g/mol. The summed E-state index contributed by atoms with van der Waals surface area (Å²) in [6, 6.07) is 17.1. The zero-order valence-corrected chi connectivity index (χ0v) is 35.3. The van der Waals surface area contributed by atoms with Crippen molar-refractivity contribution in [1.82, 2.24) is 19.3 Å². The van der Waals surface area contributed by atoms with Crippen LogP contribution in [0.2, 0.25) is 0 Å². The number of hydrogen-bond donors (Lipinski definition) is 6. The molecule has 2 heterocycles. The molecule has 62 heavy (non-hydrogen) atoms. The molecule has 14 nitrogen and oxygen atoms in total. The highest BCUT2D eigenvalue weighted by atomic mass is 16.3. The van der Waals surface area contributed by atoms with Crippen molar-refractivity contribution in [1.29, 1.82) is 0 Å². The minimum atomic E-state index is -0.594. The molecule has 314 valence electrons. The molecule has 0 aliphatic heterocycles. The standard InChI is InChI=1S/C48H44N6O8/c1-21(2)35-29-17-23(5)37(43(57)39(29)31(41(55)45(35)59)19-49-53-25(7)51-33-15-11-9-13-27(33)47(53)61)38-24(6)18-30-36(22(3)4)46(60)42(56)32(40(30)44(38)58)20-50-54-26(8)52-34-16-12-10-14-28(34)48(54)62/h9-22,55-60H,1-8H3/b49-19-,50-20-. The fraction of sp³-hybridized carbons (Fsp3) is 0.208. The van der Waals surface area contributed by atoms with Gasteiger partial charge in [0, 0.05) is 33.0 Å². The van der Waals surface area contributed by atoms with E-state index in [9.17, 15) is 40.2 Å². The maximum absolute atomic E-state index is 13.6. The molecule has 8 rings (SSSR count). The maximum atomic E-state index is 13.6. The molecule has 0 bridgehead atoms. The zero-order chi connectivity index (χ0) is 44.6. The van der Waals surface area contributed by atoms with Crippen LogP contribution in [0.3, 0.4) is 0 Å². The molecular formula is C48H44N6O8. The SMILES string of the molecule is Cc1cc2c(C(C)C)c(O)c(O)c(/C=N\n3c(C)nc4ccccc4c3=O)c2c(O)c1-c1c(C)cc2c(C(C)C)c(O)c(O)c(/C=N\n3c(C)nc4ccccc4c3=O)c2c1O. The lowest BCUT2D eigenvalue weighted by molar-refractivity contribution is 0.398. The molecule has 2 aromatic heterocycles. The van der Waals surface area contributed by atoms with Gasteiger partial charge in [-0.2, -0.15) is 19.6 Å². The van der Waals surface area contributed by atoms with Gasteiger partial charge in [0.15, 0.2) is 23.0 Å². The summed E-state index contributed by atoms with van der Waals surface area (Å²) in [6.45, 7) is 14.0. The van der Waals surface area contributed by atoms with Crippen molar-refractivity contribution in [3.05, 3.63) is 126 Å². The molecule has 0 spiro atoms. The third kappa shape index (κ3) is 6.25. The van der Waals surface area contributed by atoms with Crippen molar-refractivity contribution in [3.63, 3.8) is 0 Å². The number of aryl methyl sites for hydroxylation is 4. The molecule has 0 unspecified atom stereocenters. The lowest BCUT2D eigenvalue weighted by Gasteiger charge is -2.23. The van der Waals surface area contributed by atoms with E-state index in [-0.39, 0.29) is 68.0 Å². The first-order valence-electron chi connectivity index (χ1n) is 20.0. The lowest BCUT2D eigenvalue weighted by atomic mass is 9.83. The van der Waals surface area contributed by atoms with Crippen LogP contribution >= 0.6 is 0 Å². The molecule has 0 fully saturated rings. The Morgan fingerprint density at radius 2 is 0.871 bits per heavy atom. The summed E-state index contributed by atoms with van der Waals surface area (Å²) in [5, 5.41) is 81.7. The van der Waals surface area contributed by atoms with Gasteiger partial charge < -0.3 is 30.6 Å². The van der Waals surface area contributed by atoms with Gasteiger partial charge in [-0.3, -0.25) is 9.59 Å². The topological polar surface area (TPSA) is 216 Å². The summed E-state index contributed by atoms with van der Waals surface area (Å²) < 4.78 is 2.13. The number of fused-ring (bicyclic) bond motifs is 4. The molecule has 0 saturated carbocycles. The average Bonchev–Trinajstić information content (AvgIpc) is 3.21. The number of para-hydroxylation sites is 2. The van der Waals surface area contributed by atoms with Gasteiger partial charge in [0.1, 0.15) is 23.1 Å². The van der Waals surface area contributed by atoms with Crippen LogP contribution in [0.4, 0.5) is 0 Å². The van der Waals surface area contributed by atoms with Crippen LogP contribution in [0, 0.1) is 27.7 Å². The van der Waals surface area contributed by atoms with E-state index >= 15 is 0 Å². The van der Waals surface area contributed by atoms with Gasteiger partial charge in [0.25, 0.3) is 11.1 Å². The Hall–Kier alpha value is -7.74. The van der Waals surface area contributed by atoms with E-state index < -0.39 is 34.1 Å². The smallest absolute Gasteiger partial charge is 0.282 e. The zero-order valence-electron chi connectivity index (χ0n) is 35.3. The molecule has 6 aromatic carbocycles. The highest BCUT2D eigenvalue weighted by Gasteiger charge is 2.30. The van der Waals surface area contributed by atoms with Crippen molar-refractivity contribution < 1.29 is 30.6 Å². The maximum Gasteiger partial charge on any atom is 0.282 e. The summed E-state index contributed by atoms with van der Waals surface area (Å²) in [5.74, 6) is -3.00. The van der Waals surface area contributed by atoms with E-state index in [0.29, 0.717) is 54.8 Å². The molecule has 0 aliphatic carbocycles. The summed E-state index contributed by atoms with van der Waals surface area (Å²) in [7, 11) is 0. The second-order valence-electron chi connectivity index (χ2n) is 16.1. The van der Waals surface area contributed by atoms with Crippen LogP contribution < -0.4 is 11.1 Å². The molecule has 0 atom stereocenters. The quantitative estimate of drug-likeness (QED) is 0.0664. The first kappa shape index (κ1) is 41.0. The van der Waals surface area contributed by atoms with Gasteiger partial charge in [-0.1, -0.05) is 64.1 Å². The predicted octanol–water partition coefficient (Wildman–Crippen LogP) is 8.56. The van der Waals surface area contributed by atoms with Crippen molar-refractivity contribution in [2.24, 2.45) is 10.2 Å². The Morgan fingerprint density at radius 3 is 1.23 bits per heavy atom. The second-order valence-corrected chi connectivity index (χ2v) is 16.1. The number of aromatic nitrogens is 4. The molecule has 6 N–H and O–H groups in total. The van der Waals surface area contributed by atoms with Crippen LogP contribution in [-0.4, -0.2) is 62.4 Å². The average molecular weight is 833 g/mol. The van der Waals surface area contributed by atoms with Crippen molar-refractivity contribution in [2.45, 2.75) is 67.2 Å². The van der Waals surface area contributed by atoms with Crippen LogP contribution in [0.15, 0.2) is 80.5 Å². The Kier molecular flexibility index (Phi) is 9.97. The normalized spacial score (nSPS) is 12.2. The van der Waals surface area contributed by atoms with Crippen LogP contribution in [0.25, 0.3) is 54.5 Å². The molecule has 0 radical (unpaired) electrons. The number of hydrogen-bond acceptors (Lipinski definition) is 12. The monoisotopic (exact) mass is 832 g/mol. The summed E-state index contributed by atoms with van der Waals surface area (Å²) in [5.41, 5.74) is 1.72. The highest BCUT2D eigenvalue weighted by Crippen LogP contribution is 2.54. The fourth-order valence-corrected chi connectivity index (χ4v) is 8.60. The lowest BCUT2D eigenvalue weighted by Crippen LogP contribution is -2.20. The predicted molar refractivity (Wildman–Crippen MR) is 242 cm³/mol. The third-order valence-corrected chi connectivity index (χ3v) is 11.4. The molecule has 8 aromatic rings. The van der Waals surface area contributed by atoms with E-state index in [1.165, 1.54) is 12.4 Å². The summed E-state index contributed by atoms with van der Waals surface area (Å²) in [6.07, 6.45) is 2.35. The van der Waals surface area contributed by atoms with Crippen LogP contribution in [0.5, 0.6) is 34.5 Å². The van der Waals surface area contributed by atoms with Crippen molar-refractivity contribution in [3.8, 4) is 45.6 Å². The Morgan fingerprint density at radius 1 is 0.516 bits per heavy atom. The largest absolute Gasteiger partial charge is 0.507 e. The Bertz CT molecular complexity index is 3190. The number of aromatic hydroxyl groups is 6. The van der Waals surface area contributed by atoms with Gasteiger partial charge in [0.05, 0.1) is 45.4 Å². The Labute approximate surface area is 354 Å². The summed E-state index contributed by atoms with van der Waals surface area (Å²) >= 11 is 0. The third-order valence-electron chi connectivity index (χ3n) is 11.4. The first-order valence-corrected chi connectivity index (χ1v) is 20.0. The highest BCUT2D eigenvalue weighted by molar-refractivity contribution is 6.15. The fourth-order valence-electron chi connectivity index (χ4n) is 8.60. The molecule has 14 heteroatoms. The number of phenols is 6.